The molecule has 0 spiro atoms. The number of ether oxygens (including phenoxy) is 1. The van der Waals surface area contributed by atoms with Crippen LogP contribution in [-0.4, -0.2) is 18.3 Å². The average molecular weight is 132 g/mol. The number of thioether (sulfide) groups is 1. The monoisotopic (exact) mass is 132 g/mol. The molecule has 1 nitrogen and oxygen atoms in total. The van der Waals surface area contributed by atoms with Crippen molar-refractivity contribution < 1.29 is 4.74 Å². The minimum absolute atomic E-state index is 0.917. The normalized spacial score (nSPS) is 24.0. The summed E-state index contributed by atoms with van der Waals surface area (Å²) in [6.07, 6.45) is 4.00. The minimum Gasteiger partial charge on any atom is -0.371 e. The number of rotatable bonds is 0. The second kappa shape index (κ2) is 4.21. The Kier molecular flexibility index (Phi) is 3.39. The van der Waals surface area contributed by atoms with E-state index >= 15 is 0 Å². The Balaban J connectivity index is 2.00. The predicted octanol–water partition coefficient (Wildman–Crippen LogP) is 1.88. The van der Waals surface area contributed by atoms with Gasteiger partial charge in [-0.25, -0.2) is 0 Å². The van der Waals surface area contributed by atoms with Crippen molar-refractivity contribution >= 4 is 11.8 Å². The molecular weight excluding hydrogens is 120 g/mol. The lowest BCUT2D eigenvalue weighted by Gasteiger charge is -2.07. The van der Waals surface area contributed by atoms with Crippen LogP contribution in [0.2, 0.25) is 0 Å². The van der Waals surface area contributed by atoms with Gasteiger partial charge in [0, 0.05) is 6.61 Å². The lowest BCUT2D eigenvalue weighted by molar-refractivity contribution is 0.175. The van der Waals surface area contributed by atoms with Crippen molar-refractivity contribution in [3.05, 3.63) is 0 Å². The van der Waals surface area contributed by atoms with E-state index in [1.54, 1.807) is 0 Å². The van der Waals surface area contributed by atoms with Gasteiger partial charge in [0.15, 0.2) is 0 Å². The molecule has 48 valence electrons. The maximum Gasteiger partial charge on any atom is 0.0920 e. The van der Waals surface area contributed by atoms with E-state index < -0.39 is 0 Å². The van der Waals surface area contributed by atoms with Gasteiger partial charge in [0.1, 0.15) is 0 Å². The summed E-state index contributed by atoms with van der Waals surface area (Å²) in [7, 11) is 0. The molecule has 1 rings (SSSR count). The van der Waals surface area contributed by atoms with Gasteiger partial charge in [-0.1, -0.05) is 6.42 Å². The molecule has 0 unspecified atom stereocenters. The van der Waals surface area contributed by atoms with E-state index in [9.17, 15) is 0 Å². The van der Waals surface area contributed by atoms with Gasteiger partial charge in [0.2, 0.25) is 0 Å². The zero-order valence-corrected chi connectivity index (χ0v) is 5.88. The van der Waals surface area contributed by atoms with Crippen molar-refractivity contribution in [3.63, 3.8) is 0 Å². The molecule has 0 radical (unpaired) electrons. The smallest absolute Gasteiger partial charge is 0.0920 e. The molecule has 0 aliphatic carbocycles. The van der Waals surface area contributed by atoms with E-state index in [0.29, 0.717) is 0 Å². The molecule has 0 aromatic rings. The van der Waals surface area contributed by atoms with Crippen molar-refractivity contribution in [2.24, 2.45) is 0 Å². The van der Waals surface area contributed by atoms with E-state index in [1.165, 1.54) is 25.0 Å². The first kappa shape index (κ1) is 6.43. The van der Waals surface area contributed by atoms with Crippen molar-refractivity contribution in [3.8, 4) is 0 Å². The van der Waals surface area contributed by atoms with Gasteiger partial charge < -0.3 is 4.74 Å². The van der Waals surface area contributed by atoms with Gasteiger partial charge in [-0.3, -0.25) is 0 Å². The molecule has 0 aromatic heterocycles. The van der Waals surface area contributed by atoms with Gasteiger partial charge in [0.25, 0.3) is 0 Å². The third-order valence-corrected chi connectivity index (χ3v) is 2.15. The van der Waals surface area contributed by atoms with Crippen LogP contribution in [0.25, 0.3) is 0 Å². The second-order valence-corrected chi connectivity index (χ2v) is 3.05. The molecule has 0 atom stereocenters. The molecule has 1 aliphatic heterocycles. The molecule has 8 heavy (non-hydrogen) atoms. The van der Waals surface area contributed by atoms with Crippen molar-refractivity contribution in [2.75, 3.05) is 18.3 Å². The maximum atomic E-state index is 5.24. The summed E-state index contributed by atoms with van der Waals surface area (Å²) in [5, 5.41) is 0. The van der Waals surface area contributed by atoms with Crippen molar-refractivity contribution in [1.82, 2.24) is 0 Å². The molecule has 2 heteroatoms. The average Bonchev–Trinajstić information content (AvgIpc) is 1.62. The molecule has 0 bridgehead atoms. The Bertz CT molecular complexity index is 32.5. The van der Waals surface area contributed by atoms with Crippen LogP contribution < -0.4 is 0 Å². The highest BCUT2D eigenvalue weighted by atomic mass is 32.2. The highest BCUT2D eigenvalue weighted by molar-refractivity contribution is 7.99. The van der Waals surface area contributed by atoms with Crippen LogP contribution >= 0.6 is 11.8 Å². The Labute approximate surface area is 54.8 Å². The fraction of sp³-hybridized carbons (Fsp3) is 1.00. The highest BCUT2D eigenvalue weighted by Gasteiger charge is 1.95. The van der Waals surface area contributed by atoms with Gasteiger partial charge in [0.05, 0.1) is 5.94 Å². The van der Waals surface area contributed by atoms with Crippen molar-refractivity contribution in [2.45, 2.75) is 19.3 Å². The largest absolute Gasteiger partial charge is 0.371 e. The lowest BCUT2D eigenvalue weighted by Crippen LogP contribution is -1.98. The molecule has 0 aromatic carbocycles. The summed E-state index contributed by atoms with van der Waals surface area (Å²) in [6, 6.07) is 0. The summed E-state index contributed by atoms with van der Waals surface area (Å²) in [6.45, 7) is 0.979. The fourth-order valence-electron chi connectivity index (χ4n) is 0.762. The van der Waals surface area contributed by atoms with Gasteiger partial charge in [-0.15, -0.1) is 11.8 Å². The first-order valence-corrected chi connectivity index (χ1v) is 4.31. The van der Waals surface area contributed by atoms with E-state index in [1.807, 2.05) is 11.8 Å². The minimum atomic E-state index is 0.917. The summed E-state index contributed by atoms with van der Waals surface area (Å²) < 4.78 is 5.24. The first-order valence-electron chi connectivity index (χ1n) is 3.15. The summed E-state index contributed by atoms with van der Waals surface area (Å²) in [5.74, 6) is 2.21. The zero-order chi connectivity index (χ0) is 5.66. The molecule has 1 saturated heterocycles. The van der Waals surface area contributed by atoms with E-state index in [2.05, 4.69) is 0 Å². The molecule has 1 fully saturated rings. The molecule has 0 saturated carbocycles. The maximum absolute atomic E-state index is 5.24. The standard InChI is InChI=1S/C6H12OS/c1-2-4-7-6-8-5-3-1/h1-6H2. The third kappa shape index (κ3) is 2.58. The highest BCUT2D eigenvalue weighted by Crippen LogP contribution is 2.10. The molecule has 1 heterocycles. The summed E-state index contributed by atoms with van der Waals surface area (Å²) >= 11 is 1.91. The molecule has 0 N–H and O–H groups in total. The van der Waals surface area contributed by atoms with Crippen LogP contribution in [0.1, 0.15) is 19.3 Å². The van der Waals surface area contributed by atoms with Crippen LogP contribution in [0.4, 0.5) is 0 Å². The summed E-state index contributed by atoms with van der Waals surface area (Å²) in [5.41, 5.74) is 0. The molecule has 1 aliphatic rings. The predicted molar refractivity (Wildman–Crippen MR) is 37.1 cm³/mol. The fourth-order valence-corrected chi connectivity index (χ4v) is 1.52. The van der Waals surface area contributed by atoms with Crippen LogP contribution in [-0.2, 0) is 4.74 Å². The number of hydrogen-bond donors (Lipinski definition) is 0. The van der Waals surface area contributed by atoms with Crippen LogP contribution in [0, 0.1) is 0 Å². The van der Waals surface area contributed by atoms with Gasteiger partial charge >= 0.3 is 0 Å². The zero-order valence-electron chi connectivity index (χ0n) is 5.06. The molecular formula is C6H12OS. The van der Waals surface area contributed by atoms with Crippen LogP contribution in [0.3, 0.4) is 0 Å². The van der Waals surface area contributed by atoms with Crippen molar-refractivity contribution in [1.29, 1.82) is 0 Å². The van der Waals surface area contributed by atoms with Crippen LogP contribution in [0.5, 0.6) is 0 Å². The Hall–Kier alpha value is 0.310. The quantitative estimate of drug-likeness (QED) is 0.497. The Morgan fingerprint density at radius 2 is 2.12 bits per heavy atom. The van der Waals surface area contributed by atoms with Crippen LogP contribution in [0.15, 0.2) is 0 Å². The third-order valence-electron chi connectivity index (χ3n) is 1.24. The topological polar surface area (TPSA) is 9.23 Å². The van der Waals surface area contributed by atoms with E-state index in [4.69, 9.17) is 4.74 Å². The van der Waals surface area contributed by atoms with Gasteiger partial charge in [-0.05, 0) is 18.6 Å². The number of hydrogen-bond acceptors (Lipinski definition) is 2. The summed E-state index contributed by atoms with van der Waals surface area (Å²) in [4.78, 5) is 0. The van der Waals surface area contributed by atoms with E-state index in [0.717, 1.165) is 12.5 Å². The second-order valence-electron chi connectivity index (χ2n) is 2.00. The Morgan fingerprint density at radius 3 is 3.12 bits per heavy atom. The van der Waals surface area contributed by atoms with Gasteiger partial charge in [-0.2, -0.15) is 0 Å². The Morgan fingerprint density at radius 1 is 1.12 bits per heavy atom. The first-order chi connectivity index (χ1) is 4.00. The van der Waals surface area contributed by atoms with E-state index in [-0.39, 0.29) is 0 Å². The lowest BCUT2D eigenvalue weighted by atomic mass is 10.3. The SMILES string of the molecule is C1CCOCSCC1. The molecule has 0 amide bonds.